The molecule has 2 heterocycles. The van der Waals surface area contributed by atoms with Gasteiger partial charge >= 0.3 is 0 Å². The van der Waals surface area contributed by atoms with Crippen molar-refractivity contribution in [3.05, 3.63) is 35.5 Å². The summed E-state index contributed by atoms with van der Waals surface area (Å²) < 4.78 is 0. The number of ketones is 1. The summed E-state index contributed by atoms with van der Waals surface area (Å²) in [5.74, 6) is 0.0312. The number of amides is 1. The number of aromatic amines is 1. The highest BCUT2D eigenvalue weighted by Crippen LogP contribution is 2.44. The van der Waals surface area contributed by atoms with Gasteiger partial charge in [0.2, 0.25) is 5.91 Å². The van der Waals surface area contributed by atoms with E-state index in [-0.39, 0.29) is 23.7 Å². The Kier molecular flexibility index (Phi) is 1.97. The second-order valence-corrected chi connectivity index (χ2v) is 5.48. The number of piperidine rings is 1. The third kappa shape index (κ3) is 1.28. The number of benzene rings is 1. The fourth-order valence-electron chi connectivity index (χ4n) is 3.46. The van der Waals surface area contributed by atoms with Gasteiger partial charge in [-0.15, -0.1) is 0 Å². The second-order valence-electron chi connectivity index (χ2n) is 5.48. The highest BCUT2D eigenvalue weighted by Gasteiger charge is 2.44. The SMILES string of the molecule is CN1C(=O)C[C@H]2C[C@@H]1c1c([nH]c3ccccc13)C2=O. The lowest BCUT2D eigenvalue weighted by Gasteiger charge is -2.40. The summed E-state index contributed by atoms with van der Waals surface area (Å²) in [5, 5.41) is 1.07. The molecule has 0 unspecified atom stereocenters. The molecule has 0 radical (unpaired) electrons. The van der Waals surface area contributed by atoms with Crippen LogP contribution in [0.4, 0.5) is 0 Å². The molecular weight excluding hydrogens is 240 g/mol. The Labute approximate surface area is 110 Å². The zero-order valence-corrected chi connectivity index (χ0v) is 10.6. The molecule has 4 heteroatoms. The molecule has 2 aromatic rings. The van der Waals surface area contributed by atoms with Crippen molar-refractivity contribution in [1.82, 2.24) is 9.88 Å². The number of likely N-dealkylation sites (tertiary alicyclic amines) is 1. The van der Waals surface area contributed by atoms with Crippen LogP contribution < -0.4 is 0 Å². The highest BCUT2D eigenvalue weighted by molar-refractivity contribution is 6.07. The van der Waals surface area contributed by atoms with E-state index in [0.717, 1.165) is 22.9 Å². The number of hydrogen-bond donors (Lipinski definition) is 1. The van der Waals surface area contributed by atoms with Gasteiger partial charge in [-0.25, -0.2) is 0 Å². The maximum Gasteiger partial charge on any atom is 0.223 e. The van der Waals surface area contributed by atoms with Crippen LogP contribution in [0.25, 0.3) is 10.9 Å². The molecule has 1 saturated heterocycles. The molecule has 1 fully saturated rings. The Morgan fingerprint density at radius 2 is 2.05 bits per heavy atom. The van der Waals surface area contributed by atoms with E-state index in [1.54, 1.807) is 4.90 Å². The summed E-state index contributed by atoms with van der Waals surface area (Å²) in [6.45, 7) is 0. The summed E-state index contributed by atoms with van der Waals surface area (Å²) >= 11 is 0. The standard InChI is InChI=1S/C15H14N2O2/c1-17-11-6-8(7-12(17)18)15(19)14-13(11)9-4-2-3-5-10(9)16-14/h2-5,8,11,16H,6-7H2,1H3/t8-,11-/m1/s1. The van der Waals surface area contributed by atoms with E-state index in [1.807, 2.05) is 31.3 Å². The first-order valence-corrected chi connectivity index (χ1v) is 6.57. The van der Waals surface area contributed by atoms with E-state index in [4.69, 9.17) is 0 Å². The molecule has 1 aliphatic carbocycles. The van der Waals surface area contributed by atoms with Gasteiger partial charge in [-0.2, -0.15) is 0 Å². The van der Waals surface area contributed by atoms with E-state index in [1.165, 1.54) is 0 Å². The molecule has 2 atom stereocenters. The first-order chi connectivity index (χ1) is 9.16. The minimum absolute atomic E-state index is 0.0371. The average Bonchev–Trinajstić information content (AvgIpc) is 2.80. The summed E-state index contributed by atoms with van der Waals surface area (Å²) in [5.41, 5.74) is 2.70. The van der Waals surface area contributed by atoms with Gasteiger partial charge in [-0.1, -0.05) is 18.2 Å². The number of fused-ring (bicyclic) bond motifs is 6. The number of para-hydroxylation sites is 1. The molecule has 1 aliphatic heterocycles. The van der Waals surface area contributed by atoms with Crippen LogP contribution in [0.1, 0.15) is 34.9 Å². The Bertz CT molecular complexity index is 716. The Hall–Kier alpha value is -2.10. The van der Waals surface area contributed by atoms with Crippen molar-refractivity contribution < 1.29 is 9.59 Å². The third-order valence-corrected chi connectivity index (χ3v) is 4.49. The predicted octanol–water partition coefficient (Wildman–Crippen LogP) is 2.27. The predicted molar refractivity (Wildman–Crippen MR) is 70.9 cm³/mol. The van der Waals surface area contributed by atoms with Crippen LogP contribution in [0.2, 0.25) is 0 Å². The molecular formula is C15H14N2O2. The quantitative estimate of drug-likeness (QED) is 0.784. The molecule has 19 heavy (non-hydrogen) atoms. The number of H-pyrrole nitrogens is 1. The van der Waals surface area contributed by atoms with E-state index in [9.17, 15) is 9.59 Å². The number of hydrogen-bond acceptors (Lipinski definition) is 2. The summed E-state index contributed by atoms with van der Waals surface area (Å²) in [4.78, 5) is 29.5. The molecule has 1 aromatic carbocycles. The molecule has 1 N–H and O–H groups in total. The smallest absolute Gasteiger partial charge is 0.223 e. The first-order valence-electron chi connectivity index (χ1n) is 6.57. The van der Waals surface area contributed by atoms with Crippen molar-refractivity contribution in [2.45, 2.75) is 18.9 Å². The summed E-state index contributed by atoms with van der Waals surface area (Å²) in [6.07, 6.45) is 1.11. The van der Waals surface area contributed by atoms with Crippen LogP contribution >= 0.6 is 0 Å². The summed E-state index contributed by atoms with van der Waals surface area (Å²) in [6, 6.07) is 7.96. The number of rotatable bonds is 0. The lowest BCUT2D eigenvalue weighted by molar-refractivity contribution is -0.136. The first kappa shape index (κ1) is 10.8. The van der Waals surface area contributed by atoms with Crippen LogP contribution in [-0.2, 0) is 4.79 Å². The average molecular weight is 254 g/mol. The number of nitrogens with zero attached hydrogens (tertiary/aromatic N) is 1. The number of aromatic nitrogens is 1. The van der Waals surface area contributed by atoms with Gasteiger partial charge in [0.1, 0.15) is 0 Å². The minimum atomic E-state index is -0.144. The van der Waals surface area contributed by atoms with Crippen LogP contribution in [0, 0.1) is 5.92 Å². The molecule has 0 spiro atoms. The lowest BCUT2D eigenvalue weighted by Crippen LogP contribution is -2.44. The number of Topliss-reactive ketones (excluding diaryl/α,β-unsaturated/α-hetero) is 1. The van der Waals surface area contributed by atoms with Crippen molar-refractivity contribution in [2.75, 3.05) is 7.05 Å². The van der Waals surface area contributed by atoms with Crippen LogP contribution in [0.5, 0.6) is 0 Å². The minimum Gasteiger partial charge on any atom is -0.352 e. The molecule has 4 nitrogen and oxygen atoms in total. The van der Waals surface area contributed by atoms with Crippen molar-refractivity contribution >= 4 is 22.6 Å². The fraction of sp³-hybridized carbons (Fsp3) is 0.333. The topological polar surface area (TPSA) is 53.2 Å². The maximum absolute atomic E-state index is 12.4. The number of carbonyl (C=O) groups is 2. The molecule has 96 valence electrons. The number of nitrogens with one attached hydrogen (secondary N) is 1. The van der Waals surface area contributed by atoms with E-state index in [0.29, 0.717) is 12.1 Å². The van der Waals surface area contributed by atoms with Crippen LogP contribution in [0.15, 0.2) is 24.3 Å². The zero-order valence-electron chi connectivity index (χ0n) is 10.6. The normalized spacial score (nSPS) is 25.8. The fourth-order valence-corrected chi connectivity index (χ4v) is 3.46. The van der Waals surface area contributed by atoms with Gasteiger partial charge in [0.05, 0.1) is 11.7 Å². The van der Waals surface area contributed by atoms with Gasteiger partial charge < -0.3 is 9.88 Å². The van der Waals surface area contributed by atoms with Gasteiger partial charge in [-0.3, -0.25) is 9.59 Å². The van der Waals surface area contributed by atoms with Gasteiger partial charge in [0.25, 0.3) is 0 Å². The van der Waals surface area contributed by atoms with Gasteiger partial charge in [0.15, 0.2) is 5.78 Å². The van der Waals surface area contributed by atoms with Crippen molar-refractivity contribution in [1.29, 1.82) is 0 Å². The third-order valence-electron chi connectivity index (χ3n) is 4.49. The molecule has 2 aliphatic rings. The Morgan fingerprint density at radius 1 is 1.26 bits per heavy atom. The van der Waals surface area contributed by atoms with Crippen molar-refractivity contribution in [3.8, 4) is 0 Å². The van der Waals surface area contributed by atoms with Crippen LogP contribution in [0.3, 0.4) is 0 Å². The van der Waals surface area contributed by atoms with Gasteiger partial charge in [0, 0.05) is 35.9 Å². The molecule has 0 saturated carbocycles. The van der Waals surface area contributed by atoms with E-state index in [2.05, 4.69) is 4.98 Å². The van der Waals surface area contributed by atoms with Crippen LogP contribution in [-0.4, -0.2) is 28.6 Å². The summed E-state index contributed by atoms with van der Waals surface area (Å²) in [7, 11) is 1.84. The molecule has 4 rings (SSSR count). The Morgan fingerprint density at radius 3 is 2.89 bits per heavy atom. The van der Waals surface area contributed by atoms with E-state index >= 15 is 0 Å². The highest BCUT2D eigenvalue weighted by atomic mass is 16.2. The lowest BCUT2D eigenvalue weighted by atomic mass is 9.77. The monoisotopic (exact) mass is 254 g/mol. The van der Waals surface area contributed by atoms with Crippen molar-refractivity contribution in [2.24, 2.45) is 5.92 Å². The van der Waals surface area contributed by atoms with Gasteiger partial charge in [-0.05, 0) is 12.5 Å². The maximum atomic E-state index is 12.4. The van der Waals surface area contributed by atoms with E-state index < -0.39 is 0 Å². The zero-order chi connectivity index (χ0) is 13.1. The second kappa shape index (κ2) is 3.47. The number of carbonyl (C=O) groups excluding carboxylic acids is 2. The Balaban J connectivity index is 2.03. The van der Waals surface area contributed by atoms with Crippen molar-refractivity contribution in [3.63, 3.8) is 0 Å². The largest absolute Gasteiger partial charge is 0.352 e. The molecule has 1 aromatic heterocycles. The molecule has 1 amide bonds. The molecule has 2 bridgehead atoms.